The minimum absolute atomic E-state index is 0.0117. The number of sulfonamides is 1. The summed E-state index contributed by atoms with van der Waals surface area (Å²) in [5, 5.41) is 2.83. The summed E-state index contributed by atoms with van der Waals surface area (Å²) in [5.41, 5.74) is 0. The van der Waals surface area contributed by atoms with Gasteiger partial charge in [-0.05, 0) is 32.0 Å². The molecule has 0 aliphatic carbocycles. The Morgan fingerprint density at radius 1 is 1.38 bits per heavy atom. The van der Waals surface area contributed by atoms with Crippen molar-refractivity contribution in [1.82, 2.24) is 9.62 Å². The first-order chi connectivity index (χ1) is 11.3. The van der Waals surface area contributed by atoms with Crippen LogP contribution in [0, 0.1) is 0 Å². The van der Waals surface area contributed by atoms with Gasteiger partial charge in [0.15, 0.2) is 6.61 Å². The van der Waals surface area contributed by atoms with E-state index in [4.69, 9.17) is 21.1 Å². The van der Waals surface area contributed by atoms with Crippen molar-refractivity contribution in [1.29, 1.82) is 0 Å². The number of nitrogens with one attached hydrogen (secondary N) is 1. The van der Waals surface area contributed by atoms with Crippen LogP contribution in [-0.2, 0) is 19.6 Å². The second kappa shape index (κ2) is 8.15. The van der Waals surface area contributed by atoms with Crippen molar-refractivity contribution >= 4 is 27.5 Å². The maximum atomic E-state index is 12.5. The summed E-state index contributed by atoms with van der Waals surface area (Å²) in [4.78, 5) is 11.7. The number of carbonyl (C=O) groups is 1. The van der Waals surface area contributed by atoms with Crippen molar-refractivity contribution in [3.63, 3.8) is 0 Å². The van der Waals surface area contributed by atoms with Crippen molar-refractivity contribution in [3.05, 3.63) is 23.2 Å². The van der Waals surface area contributed by atoms with Gasteiger partial charge < -0.3 is 14.8 Å². The molecule has 0 saturated carbocycles. The highest BCUT2D eigenvalue weighted by atomic mass is 35.5. The third-order valence-electron chi connectivity index (χ3n) is 3.32. The van der Waals surface area contributed by atoms with Crippen LogP contribution in [0.4, 0.5) is 0 Å². The van der Waals surface area contributed by atoms with Gasteiger partial charge in [-0.1, -0.05) is 11.6 Å². The average Bonchev–Trinajstić information content (AvgIpc) is 2.53. The summed E-state index contributed by atoms with van der Waals surface area (Å²) in [6.45, 7) is 4.87. The molecule has 0 spiro atoms. The quantitative estimate of drug-likeness (QED) is 0.808. The Bertz CT molecular complexity index is 687. The highest BCUT2D eigenvalue weighted by molar-refractivity contribution is 7.89. The Hall–Kier alpha value is -1.35. The molecule has 134 valence electrons. The van der Waals surface area contributed by atoms with E-state index in [2.05, 4.69) is 5.32 Å². The number of nitrogens with zero attached hydrogens (tertiary/aromatic N) is 1. The number of hydrogen-bond donors (Lipinski definition) is 1. The van der Waals surface area contributed by atoms with Gasteiger partial charge in [-0.3, -0.25) is 4.79 Å². The maximum Gasteiger partial charge on any atom is 0.258 e. The summed E-state index contributed by atoms with van der Waals surface area (Å²) in [5.74, 6) is -0.0115. The molecule has 1 amide bonds. The molecule has 0 unspecified atom stereocenters. The zero-order valence-corrected chi connectivity index (χ0v) is 15.2. The van der Waals surface area contributed by atoms with Crippen molar-refractivity contribution in [2.75, 3.05) is 32.9 Å². The van der Waals surface area contributed by atoms with E-state index < -0.39 is 10.0 Å². The molecule has 1 aliphatic heterocycles. The first-order valence-corrected chi connectivity index (χ1v) is 9.42. The summed E-state index contributed by atoms with van der Waals surface area (Å²) >= 11 is 6.10. The molecular weight excluding hydrogens is 356 g/mol. The fraction of sp³-hybridized carbons (Fsp3) is 0.533. The molecule has 1 heterocycles. The normalized spacial score (nSPS) is 16.2. The molecular formula is C15H21ClN2O5S. The van der Waals surface area contributed by atoms with E-state index >= 15 is 0 Å². The number of benzene rings is 1. The van der Waals surface area contributed by atoms with Crippen LogP contribution in [0.25, 0.3) is 0 Å². The number of halogens is 1. The number of carbonyl (C=O) groups excluding carboxylic acids is 1. The summed E-state index contributed by atoms with van der Waals surface area (Å²) in [6, 6.07) is 4.23. The first kappa shape index (κ1) is 19.0. The predicted octanol–water partition coefficient (Wildman–Crippen LogP) is 1.26. The van der Waals surface area contributed by atoms with E-state index in [1.807, 2.05) is 13.8 Å². The predicted molar refractivity (Wildman–Crippen MR) is 89.8 cm³/mol. The Balaban J connectivity index is 2.07. The standard InChI is InChI=1S/C15H21ClN2O5S/c1-11(2)17-15(19)10-23-14-4-3-12(9-13(14)16)24(20,21)18-5-7-22-8-6-18/h3-4,9,11H,5-8,10H2,1-2H3,(H,17,19). The van der Waals surface area contributed by atoms with Gasteiger partial charge in [-0.15, -0.1) is 0 Å². The lowest BCUT2D eigenvalue weighted by Crippen LogP contribution is -2.40. The number of rotatable bonds is 6. The first-order valence-electron chi connectivity index (χ1n) is 7.60. The highest BCUT2D eigenvalue weighted by Gasteiger charge is 2.27. The number of amides is 1. The van der Waals surface area contributed by atoms with Gasteiger partial charge in [-0.2, -0.15) is 4.31 Å². The van der Waals surface area contributed by atoms with Gasteiger partial charge >= 0.3 is 0 Å². The Labute approximate surface area is 146 Å². The molecule has 1 fully saturated rings. The van der Waals surface area contributed by atoms with Crippen LogP contribution in [0.2, 0.25) is 5.02 Å². The SMILES string of the molecule is CC(C)NC(=O)COc1ccc(S(=O)(=O)N2CCOCC2)cc1Cl. The van der Waals surface area contributed by atoms with Gasteiger partial charge in [0.05, 0.1) is 23.1 Å². The van der Waals surface area contributed by atoms with Crippen molar-refractivity contribution in [3.8, 4) is 5.75 Å². The van der Waals surface area contributed by atoms with Crippen LogP contribution in [0.1, 0.15) is 13.8 Å². The molecule has 1 aromatic carbocycles. The van der Waals surface area contributed by atoms with Gasteiger partial charge in [0.25, 0.3) is 5.91 Å². The topological polar surface area (TPSA) is 84.9 Å². The Morgan fingerprint density at radius 3 is 2.62 bits per heavy atom. The summed E-state index contributed by atoms with van der Waals surface area (Å²) in [7, 11) is -3.61. The molecule has 1 saturated heterocycles. The highest BCUT2D eigenvalue weighted by Crippen LogP contribution is 2.29. The second-order valence-electron chi connectivity index (χ2n) is 5.62. The van der Waals surface area contributed by atoms with Crippen LogP contribution in [-0.4, -0.2) is 57.6 Å². The van der Waals surface area contributed by atoms with Crippen LogP contribution in [0.3, 0.4) is 0 Å². The van der Waals surface area contributed by atoms with E-state index in [9.17, 15) is 13.2 Å². The van der Waals surface area contributed by atoms with Crippen LogP contribution < -0.4 is 10.1 Å². The summed E-state index contributed by atoms with van der Waals surface area (Å²) < 4.78 is 37.0. The molecule has 0 aromatic heterocycles. The van der Waals surface area contributed by atoms with Crippen LogP contribution in [0.5, 0.6) is 5.75 Å². The van der Waals surface area contributed by atoms with Gasteiger partial charge in [0, 0.05) is 19.1 Å². The molecule has 9 heteroatoms. The molecule has 2 rings (SSSR count). The molecule has 1 aromatic rings. The fourth-order valence-electron chi connectivity index (χ4n) is 2.20. The Morgan fingerprint density at radius 2 is 2.04 bits per heavy atom. The monoisotopic (exact) mass is 376 g/mol. The van der Waals surface area contributed by atoms with Crippen molar-refractivity contribution in [2.24, 2.45) is 0 Å². The minimum Gasteiger partial charge on any atom is -0.482 e. The molecule has 0 bridgehead atoms. The third-order valence-corrected chi connectivity index (χ3v) is 5.51. The lowest BCUT2D eigenvalue weighted by atomic mass is 10.3. The average molecular weight is 377 g/mol. The fourth-order valence-corrected chi connectivity index (χ4v) is 3.94. The minimum atomic E-state index is -3.61. The van der Waals surface area contributed by atoms with Crippen LogP contribution >= 0.6 is 11.6 Å². The molecule has 0 radical (unpaired) electrons. The van der Waals surface area contributed by atoms with E-state index in [1.165, 1.54) is 22.5 Å². The molecule has 1 N–H and O–H groups in total. The van der Waals surface area contributed by atoms with Crippen molar-refractivity contribution in [2.45, 2.75) is 24.8 Å². The van der Waals surface area contributed by atoms with Gasteiger partial charge in [0.1, 0.15) is 5.75 Å². The largest absolute Gasteiger partial charge is 0.482 e. The lowest BCUT2D eigenvalue weighted by Gasteiger charge is -2.26. The van der Waals surface area contributed by atoms with E-state index in [1.54, 1.807) is 0 Å². The van der Waals surface area contributed by atoms with E-state index in [-0.39, 0.29) is 34.2 Å². The van der Waals surface area contributed by atoms with E-state index in [0.717, 1.165) is 0 Å². The van der Waals surface area contributed by atoms with Crippen LogP contribution in [0.15, 0.2) is 23.1 Å². The molecule has 0 atom stereocenters. The second-order valence-corrected chi connectivity index (χ2v) is 7.96. The molecule has 7 nitrogen and oxygen atoms in total. The number of ether oxygens (including phenoxy) is 2. The third kappa shape index (κ3) is 4.83. The molecule has 24 heavy (non-hydrogen) atoms. The number of morpholine rings is 1. The lowest BCUT2D eigenvalue weighted by molar-refractivity contribution is -0.123. The van der Waals surface area contributed by atoms with Gasteiger partial charge in [0.2, 0.25) is 10.0 Å². The van der Waals surface area contributed by atoms with E-state index in [0.29, 0.717) is 26.3 Å². The zero-order chi connectivity index (χ0) is 17.7. The zero-order valence-electron chi connectivity index (χ0n) is 13.6. The maximum absolute atomic E-state index is 12.5. The molecule has 1 aliphatic rings. The summed E-state index contributed by atoms with van der Waals surface area (Å²) in [6.07, 6.45) is 0. The Kier molecular flexibility index (Phi) is 6.45. The van der Waals surface area contributed by atoms with Gasteiger partial charge in [-0.25, -0.2) is 8.42 Å². The number of hydrogen-bond acceptors (Lipinski definition) is 5. The smallest absolute Gasteiger partial charge is 0.258 e. The van der Waals surface area contributed by atoms with Crippen molar-refractivity contribution < 1.29 is 22.7 Å².